The van der Waals surface area contributed by atoms with Gasteiger partial charge in [0.25, 0.3) is 0 Å². The molecule has 0 atom stereocenters. The smallest absolute Gasteiger partial charge is 0.191 e. The Balaban J connectivity index is 2.21. The van der Waals surface area contributed by atoms with Gasteiger partial charge in [-0.3, -0.25) is 0 Å². The largest absolute Gasteiger partial charge is 0.324 e. The molecule has 0 bridgehead atoms. The number of hydrogen-bond donors (Lipinski definition) is 1. The van der Waals surface area contributed by atoms with Crippen LogP contribution in [0.5, 0.6) is 0 Å². The SMILES string of the molecule is CCCCCCCCSc1nnc(CN)n1CC. The van der Waals surface area contributed by atoms with Gasteiger partial charge in [0.15, 0.2) is 5.16 Å². The van der Waals surface area contributed by atoms with Crippen molar-refractivity contribution in [3.05, 3.63) is 5.82 Å². The third-order valence-corrected chi connectivity index (χ3v) is 4.07. The van der Waals surface area contributed by atoms with Crippen LogP contribution in [0.3, 0.4) is 0 Å². The second-order valence-corrected chi connectivity index (χ2v) is 5.53. The molecular weight excluding hydrogens is 244 g/mol. The maximum absolute atomic E-state index is 5.63. The number of nitrogens with two attached hydrogens (primary N) is 1. The van der Waals surface area contributed by atoms with Crippen molar-refractivity contribution in [3.8, 4) is 0 Å². The molecule has 0 amide bonds. The van der Waals surface area contributed by atoms with Crippen molar-refractivity contribution in [2.45, 2.75) is 70.6 Å². The predicted molar refractivity (Wildman–Crippen MR) is 77.7 cm³/mol. The summed E-state index contributed by atoms with van der Waals surface area (Å²) in [6, 6.07) is 0. The molecule has 0 spiro atoms. The van der Waals surface area contributed by atoms with Gasteiger partial charge in [0, 0.05) is 12.3 Å². The quantitative estimate of drug-likeness (QED) is 0.524. The second kappa shape index (κ2) is 9.39. The van der Waals surface area contributed by atoms with Gasteiger partial charge in [-0.2, -0.15) is 0 Å². The fourth-order valence-electron chi connectivity index (χ4n) is 1.94. The summed E-state index contributed by atoms with van der Waals surface area (Å²) in [5.41, 5.74) is 5.63. The molecule has 0 unspecified atom stereocenters. The Morgan fingerprint density at radius 2 is 1.78 bits per heavy atom. The number of aromatic nitrogens is 3. The maximum atomic E-state index is 5.63. The normalized spacial score (nSPS) is 11.1. The average Bonchev–Trinajstić information content (AvgIpc) is 2.79. The summed E-state index contributed by atoms with van der Waals surface area (Å²) in [6.07, 6.45) is 8.03. The minimum absolute atomic E-state index is 0.471. The Morgan fingerprint density at radius 3 is 2.44 bits per heavy atom. The van der Waals surface area contributed by atoms with Crippen LogP contribution in [0.1, 0.15) is 58.2 Å². The molecule has 1 aromatic heterocycles. The molecule has 1 heterocycles. The maximum Gasteiger partial charge on any atom is 0.191 e. The molecule has 104 valence electrons. The van der Waals surface area contributed by atoms with Gasteiger partial charge in [-0.15, -0.1) is 10.2 Å². The first-order chi connectivity index (χ1) is 8.83. The van der Waals surface area contributed by atoms with E-state index in [0.717, 1.165) is 23.3 Å². The molecule has 0 fully saturated rings. The lowest BCUT2D eigenvalue weighted by Gasteiger charge is -2.05. The molecule has 0 aliphatic rings. The summed E-state index contributed by atoms with van der Waals surface area (Å²) in [7, 11) is 0. The van der Waals surface area contributed by atoms with E-state index < -0.39 is 0 Å². The van der Waals surface area contributed by atoms with Gasteiger partial charge >= 0.3 is 0 Å². The zero-order valence-corrected chi connectivity index (χ0v) is 12.5. The van der Waals surface area contributed by atoms with Gasteiger partial charge in [-0.05, 0) is 13.3 Å². The third kappa shape index (κ3) is 4.98. The molecule has 0 saturated heterocycles. The number of rotatable bonds is 10. The molecule has 5 heteroatoms. The Hall–Kier alpha value is -0.550. The third-order valence-electron chi connectivity index (χ3n) is 3.02. The predicted octanol–water partition coefficient (Wildman–Crippen LogP) is 3.21. The van der Waals surface area contributed by atoms with Crippen LogP contribution in [0, 0.1) is 0 Å². The van der Waals surface area contributed by atoms with Crippen LogP contribution in [-0.2, 0) is 13.1 Å². The van der Waals surface area contributed by atoms with Crippen LogP contribution in [0.15, 0.2) is 5.16 Å². The molecule has 0 saturated carbocycles. The standard InChI is InChI=1S/C13H26N4S/c1-3-5-6-7-8-9-10-18-13-16-15-12(11-14)17(13)4-2/h3-11,14H2,1-2H3. The van der Waals surface area contributed by atoms with E-state index in [2.05, 4.69) is 28.6 Å². The average molecular weight is 270 g/mol. The van der Waals surface area contributed by atoms with Crippen molar-refractivity contribution in [2.75, 3.05) is 5.75 Å². The van der Waals surface area contributed by atoms with E-state index in [1.54, 1.807) is 11.8 Å². The summed E-state index contributed by atoms with van der Waals surface area (Å²) < 4.78 is 2.11. The first-order valence-corrected chi connectivity index (χ1v) is 8.07. The van der Waals surface area contributed by atoms with Crippen molar-refractivity contribution in [3.63, 3.8) is 0 Å². The lowest BCUT2D eigenvalue weighted by Crippen LogP contribution is -2.08. The number of unbranched alkanes of at least 4 members (excludes halogenated alkanes) is 5. The highest BCUT2D eigenvalue weighted by atomic mass is 32.2. The van der Waals surface area contributed by atoms with Crippen LogP contribution < -0.4 is 5.73 Å². The van der Waals surface area contributed by atoms with Crippen LogP contribution in [0.2, 0.25) is 0 Å². The summed E-state index contributed by atoms with van der Waals surface area (Å²) in [4.78, 5) is 0. The summed E-state index contributed by atoms with van der Waals surface area (Å²) in [5, 5.41) is 9.33. The number of thioether (sulfide) groups is 1. The van der Waals surface area contributed by atoms with E-state index in [-0.39, 0.29) is 0 Å². The topological polar surface area (TPSA) is 56.7 Å². The van der Waals surface area contributed by atoms with Gasteiger partial charge in [0.1, 0.15) is 5.82 Å². The first-order valence-electron chi connectivity index (χ1n) is 7.08. The van der Waals surface area contributed by atoms with Gasteiger partial charge in [0.2, 0.25) is 0 Å². The molecule has 18 heavy (non-hydrogen) atoms. The van der Waals surface area contributed by atoms with Gasteiger partial charge in [-0.1, -0.05) is 50.8 Å². The Morgan fingerprint density at radius 1 is 1.06 bits per heavy atom. The van der Waals surface area contributed by atoms with Crippen LogP contribution in [0.4, 0.5) is 0 Å². The molecule has 1 rings (SSSR count). The fraction of sp³-hybridized carbons (Fsp3) is 0.846. The fourth-order valence-corrected chi connectivity index (χ4v) is 2.96. The van der Waals surface area contributed by atoms with Crippen LogP contribution >= 0.6 is 11.8 Å². The molecule has 0 aromatic carbocycles. The Bertz CT molecular complexity index is 325. The van der Waals surface area contributed by atoms with Crippen molar-refractivity contribution in [1.29, 1.82) is 0 Å². The zero-order valence-electron chi connectivity index (χ0n) is 11.7. The van der Waals surface area contributed by atoms with E-state index >= 15 is 0 Å². The lowest BCUT2D eigenvalue weighted by atomic mass is 10.1. The highest BCUT2D eigenvalue weighted by Gasteiger charge is 2.08. The van der Waals surface area contributed by atoms with Crippen molar-refractivity contribution in [1.82, 2.24) is 14.8 Å². The molecule has 0 radical (unpaired) electrons. The Kier molecular flexibility index (Phi) is 8.09. The Labute approximate surface area is 115 Å². The molecule has 2 N–H and O–H groups in total. The summed E-state index contributed by atoms with van der Waals surface area (Å²) in [6.45, 7) is 5.73. The molecule has 4 nitrogen and oxygen atoms in total. The highest BCUT2D eigenvalue weighted by molar-refractivity contribution is 7.99. The van der Waals surface area contributed by atoms with E-state index in [9.17, 15) is 0 Å². The molecule has 0 aliphatic heterocycles. The van der Waals surface area contributed by atoms with E-state index in [1.165, 1.54) is 38.5 Å². The van der Waals surface area contributed by atoms with E-state index in [1.807, 2.05) is 0 Å². The summed E-state index contributed by atoms with van der Waals surface area (Å²) in [5.74, 6) is 2.03. The highest BCUT2D eigenvalue weighted by Crippen LogP contribution is 2.19. The molecule has 0 aliphatic carbocycles. The van der Waals surface area contributed by atoms with Crippen LogP contribution in [-0.4, -0.2) is 20.5 Å². The first kappa shape index (κ1) is 15.5. The van der Waals surface area contributed by atoms with Crippen molar-refractivity contribution >= 4 is 11.8 Å². The van der Waals surface area contributed by atoms with E-state index in [4.69, 9.17) is 5.73 Å². The van der Waals surface area contributed by atoms with Gasteiger partial charge in [-0.25, -0.2) is 0 Å². The number of hydrogen-bond acceptors (Lipinski definition) is 4. The van der Waals surface area contributed by atoms with Crippen molar-refractivity contribution in [2.24, 2.45) is 5.73 Å². The second-order valence-electron chi connectivity index (χ2n) is 4.46. The minimum atomic E-state index is 0.471. The van der Waals surface area contributed by atoms with Gasteiger partial charge < -0.3 is 10.3 Å². The lowest BCUT2D eigenvalue weighted by molar-refractivity contribution is 0.624. The van der Waals surface area contributed by atoms with Gasteiger partial charge in [0.05, 0.1) is 6.54 Å². The van der Waals surface area contributed by atoms with Crippen LogP contribution in [0.25, 0.3) is 0 Å². The summed E-state index contributed by atoms with van der Waals surface area (Å²) >= 11 is 1.81. The minimum Gasteiger partial charge on any atom is -0.324 e. The number of nitrogens with zero attached hydrogens (tertiary/aromatic N) is 3. The van der Waals surface area contributed by atoms with E-state index in [0.29, 0.717) is 6.54 Å². The molecule has 1 aromatic rings. The van der Waals surface area contributed by atoms with Crippen molar-refractivity contribution < 1.29 is 0 Å². The monoisotopic (exact) mass is 270 g/mol. The zero-order chi connectivity index (χ0) is 13.2. The molecular formula is C13H26N4S.